The molecule has 0 saturated carbocycles. The molecule has 0 fully saturated rings. The third kappa shape index (κ3) is 1.44. The second-order valence-corrected chi connectivity index (χ2v) is 3.68. The average Bonchev–Trinajstić information content (AvgIpc) is 2.59. The maximum absolute atomic E-state index is 9.58. The van der Waals surface area contributed by atoms with Crippen molar-refractivity contribution in [3.05, 3.63) is 23.8 Å². The van der Waals surface area contributed by atoms with Gasteiger partial charge in [0.1, 0.15) is 5.75 Å². The van der Waals surface area contributed by atoms with Crippen molar-refractivity contribution in [1.29, 1.82) is 0 Å². The second-order valence-electron chi connectivity index (χ2n) is 3.68. The van der Waals surface area contributed by atoms with E-state index in [-0.39, 0.29) is 12.0 Å². The average molecular weight is 193 g/mol. The zero-order valence-electron chi connectivity index (χ0n) is 8.45. The zero-order valence-corrected chi connectivity index (χ0v) is 8.45. The molecule has 2 rings (SSSR count). The van der Waals surface area contributed by atoms with Gasteiger partial charge in [-0.2, -0.15) is 0 Å². The predicted molar refractivity (Wildman–Crippen MR) is 55.9 cm³/mol. The van der Waals surface area contributed by atoms with Gasteiger partial charge in [0.05, 0.1) is 13.2 Å². The molecule has 2 unspecified atom stereocenters. The van der Waals surface area contributed by atoms with E-state index in [4.69, 9.17) is 4.74 Å². The van der Waals surface area contributed by atoms with E-state index in [9.17, 15) is 5.11 Å². The van der Waals surface area contributed by atoms with Crippen molar-refractivity contribution >= 4 is 5.69 Å². The van der Waals surface area contributed by atoms with Gasteiger partial charge in [0.2, 0.25) is 0 Å². The molecule has 1 aromatic rings. The van der Waals surface area contributed by atoms with Gasteiger partial charge < -0.3 is 15.2 Å². The van der Waals surface area contributed by atoms with Gasteiger partial charge in [-0.3, -0.25) is 0 Å². The predicted octanol–water partition coefficient (Wildman–Crippen LogP) is 1.59. The van der Waals surface area contributed by atoms with Gasteiger partial charge in [-0.15, -0.1) is 0 Å². The molecule has 0 spiro atoms. The molecule has 76 valence electrons. The Hall–Kier alpha value is -1.22. The monoisotopic (exact) mass is 193 g/mol. The third-order valence-electron chi connectivity index (χ3n) is 2.75. The number of ether oxygens (including phenoxy) is 1. The van der Waals surface area contributed by atoms with Gasteiger partial charge in [-0.1, -0.05) is 0 Å². The minimum atomic E-state index is -0.323. The Morgan fingerprint density at radius 1 is 1.57 bits per heavy atom. The smallest absolute Gasteiger partial charge is 0.119 e. The Morgan fingerprint density at radius 2 is 2.36 bits per heavy atom. The van der Waals surface area contributed by atoms with Gasteiger partial charge in [0, 0.05) is 18.2 Å². The van der Waals surface area contributed by atoms with Crippen LogP contribution >= 0.6 is 0 Å². The topological polar surface area (TPSA) is 41.5 Å². The Kier molecular flexibility index (Phi) is 2.33. The largest absolute Gasteiger partial charge is 0.497 e. The van der Waals surface area contributed by atoms with Crippen LogP contribution in [-0.2, 0) is 0 Å². The molecule has 1 aliphatic heterocycles. The normalized spacial score (nSPS) is 21.2. The number of benzene rings is 1. The summed E-state index contributed by atoms with van der Waals surface area (Å²) in [6.45, 7) is 2.63. The fourth-order valence-electron chi connectivity index (χ4n) is 1.90. The molecular weight excluding hydrogens is 178 g/mol. The lowest BCUT2D eigenvalue weighted by atomic mass is 9.96. The van der Waals surface area contributed by atoms with Gasteiger partial charge in [-0.25, -0.2) is 0 Å². The fraction of sp³-hybridized carbons (Fsp3) is 0.455. The van der Waals surface area contributed by atoms with Crippen molar-refractivity contribution in [2.75, 3.05) is 19.0 Å². The van der Waals surface area contributed by atoms with Crippen molar-refractivity contribution in [3.63, 3.8) is 0 Å². The van der Waals surface area contributed by atoms with Crippen LogP contribution in [0.4, 0.5) is 5.69 Å². The summed E-state index contributed by atoms with van der Waals surface area (Å²) < 4.78 is 5.16. The summed E-state index contributed by atoms with van der Waals surface area (Å²) in [5.74, 6) is 1.03. The zero-order chi connectivity index (χ0) is 10.1. The first kappa shape index (κ1) is 9.34. The first-order chi connectivity index (χ1) is 6.72. The van der Waals surface area contributed by atoms with Crippen molar-refractivity contribution < 1.29 is 9.84 Å². The van der Waals surface area contributed by atoms with Gasteiger partial charge in [-0.05, 0) is 30.7 Å². The van der Waals surface area contributed by atoms with Gasteiger partial charge >= 0.3 is 0 Å². The molecule has 1 aromatic carbocycles. The molecule has 0 amide bonds. The minimum absolute atomic E-state index is 0.181. The molecule has 3 nitrogen and oxygen atoms in total. The molecular formula is C11H15NO2. The molecule has 2 N–H and O–H groups in total. The lowest BCUT2D eigenvalue weighted by Crippen LogP contribution is -2.16. The van der Waals surface area contributed by atoms with Gasteiger partial charge in [0.15, 0.2) is 0 Å². The summed E-state index contributed by atoms with van der Waals surface area (Å²) in [6.07, 6.45) is -0.323. The van der Waals surface area contributed by atoms with E-state index in [1.807, 2.05) is 25.1 Å². The number of hydrogen-bond donors (Lipinski definition) is 2. The third-order valence-corrected chi connectivity index (χ3v) is 2.75. The maximum atomic E-state index is 9.58. The molecule has 0 aliphatic carbocycles. The lowest BCUT2D eigenvalue weighted by Gasteiger charge is -2.13. The maximum Gasteiger partial charge on any atom is 0.119 e. The van der Waals surface area contributed by atoms with Crippen LogP contribution in [0.15, 0.2) is 18.2 Å². The summed E-state index contributed by atoms with van der Waals surface area (Å²) in [5, 5.41) is 12.8. The summed E-state index contributed by atoms with van der Waals surface area (Å²) in [6, 6.07) is 5.92. The first-order valence-corrected chi connectivity index (χ1v) is 4.82. The lowest BCUT2D eigenvalue weighted by molar-refractivity contribution is 0.169. The van der Waals surface area contributed by atoms with E-state index in [1.54, 1.807) is 7.11 Å². The number of hydrogen-bond acceptors (Lipinski definition) is 3. The van der Waals surface area contributed by atoms with E-state index < -0.39 is 0 Å². The Labute approximate surface area is 83.7 Å². The van der Waals surface area contributed by atoms with E-state index in [0.29, 0.717) is 0 Å². The summed E-state index contributed by atoms with van der Waals surface area (Å²) in [4.78, 5) is 0. The number of aliphatic hydroxyl groups is 1. The molecule has 0 radical (unpaired) electrons. The van der Waals surface area contributed by atoms with Crippen LogP contribution in [0.5, 0.6) is 5.75 Å². The van der Waals surface area contributed by atoms with Crippen LogP contribution in [0.3, 0.4) is 0 Å². The Morgan fingerprint density at radius 3 is 3.00 bits per heavy atom. The molecule has 0 saturated heterocycles. The van der Waals surface area contributed by atoms with E-state index in [1.165, 1.54) is 0 Å². The van der Waals surface area contributed by atoms with E-state index >= 15 is 0 Å². The molecule has 2 atom stereocenters. The highest BCUT2D eigenvalue weighted by atomic mass is 16.5. The Balaban J connectivity index is 2.37. The van der Waals surface area contributed by atoms with Crippen LogP contribution in [0.1, 0.15) is 18.4 Å². The SMILES string of the molecule is COc1ccc2c(c1)C(C(C)O)CN2. The molecule has 1 heterocycles. The first-order valence-electron chi connectivity index (χ1n) is 4.82. The fourth-order valence-corrected chi connectivity index (χ4v) is 1.90. The van der Waals surface area contributed by atoms with Crippen molar-refractivity contribution in [3.8, 4) is 5.75 Å². The number of rotatable bonds is 2. The highest BCUT2D eigenvalue weighted by Gasteiger charge is 2.26. The summed E-state index contributed by atoms with van der Waals surface area (Å²) in [5.41, 5.74) is 2.26. The number of nitrogens with one attached hydrogen (secondary N) is 1. The van der Waals surface area contributed by atoms with Crippen molar-refractivity contribution in [2.24, 2.45) is 0 Å². The number of fused-ring (bicyclic) bond motifs is 1. The van der Waals surface area contributed by atoms with Crippen molar-refractivity contribution in [1.82, 2.24) is 0 Å². The van der Waals surface area contributed by atoms with Crippen LogP contribution < -0.4 is 10.1 Å². The van der Waals surface area contributed by atoms with Crippen LogP contribution in [0.2, 0.25) is 0 Å². The summed E-state index contributed by atoms with van der Waals surface area (Å²) >= 11 is 0. The van der Waals surface area contributed by atoms with E-state index in [2.05, 4.69) is 5.32 Å². The molecule has 14 heavy (non-hydrogen) atoms. The molecule has 1 aliphatic rings. The van der Waals surface area contributed by atoms with Crippen LogP contribution in [0.25, 0.3) is 0 Å². The molecule has 3 heteroatoms. The van der Waals surface area contributed by atoms with Crippen LogP contribution in [0, 0.1) is 0 Å². The summed E-state index contributed by atoms with van der Waals surface area (Å²) in [7, 11) is 1.65. The second kappa shape index (κ2) is 3.50. The van der Waals surface area contributed by atoms with Gasteiger partial charge in [0.25, 0.3) is 0 Å². The highest BCUT2D eigenvalue weighted by Crippen LogP contribution is 2.35. The highest BCUT2D eigenvalue weighted by molar-refractivity contribution is 5.60. The number of methoxy groups -OCH3 is 1. The van der Waals surface area contributed by atoms with Crippen molar-refractivity contribution in [2.45, 2.75) is 18.9 Å². The Bertz CT molecular complexity index is 336. The van der Waals surface area contributed by atoms with E-state index in [0.717, 1.165) is 23.5 Å². The minimum Gasteiger partial charge on any atom is -0.497 e. The number of aliphatic hydroxyl groups excluding tert-OH is 1. The molecule has 0 bridgehead atoms. The number of anilines is 1. The van der Waals surface area contributed by atoms with Crippen LogP contribution in [-0.4, -0.2) is 24.9 Å². The quantitative estimate of drug-likeness (QED) is 0.749. The standard InChI is InChI=1S/C11H15NO2/c1-7(13)10-6-12-11-4-3-8(14-2)5-9(10)11/h3-5,7,10,12-13H,6H2,1-2H3. The molecule has 0 aromatic heterocycles.